The van der Waals surface area contributed by atoms with Gasteiger partial charge in [0.05, 0.1) is 13.2 Å². The molecule has 0 aromatic heterocycles. The maximum absolute atomic E-state index is 11.6. The molecule has 0 saturated heterocycles. The summed E-state index contributed by atoms with van der Waals surface area (Å²) in [5.41, 5.74) is 2.35. The van der Waals surface area contributed by atoms with Gasteiger partial charge in [0.25, 0.3) is 0 Å². The maximum atomic E-state index is 11.6. The van der Waals surface area contributed by atoms with Crippen molar-refractivity contribution in [2.75, 3.05) is 26.8 Å². The summed E-state index contributed by atoms with van der Waals surface area (Å²) in [6.07, 6.45) is 1.90. The van der Waals surface area contributed by atoms with Crippen LogP contribution in [0.3, 0.4) is 0 Å². The van der Waals surface area contributed by atoms with Gasteiger partial charge in [-0.3, -0.25) is 4.79 Å². The largest absolute Gasteiger partial charge is 0.508 e. The fraction of sp³-hybridized carbons (Fsp3) is 0.500. The summed E-state index contributed by atoms with van der Waals surface area (Å²) >= 11 is 0. The summed E-state index contributed by atoms with van der Waals surface area (Å²) in [6, 6.07) is 5.62. The number of nitrogens with one attached hydrogen (secondary N) is 2. The zero-order valence-electron chi connectivity index (χ0n) is 11.1. The molecule has 2 rings (SSSR count). The molecule has 0 bridgehead atoms. The monoisotopic (exact) mass is 264 g/mol. The number of amides is 1. The highest BCUT2D eigenvalue weighted by Gasteiger charge is 2.22. The van der Waals surface area contributed by atoms with Crippen LogP contribution in [0.15, 0.2) is 18.2 Å². The van der Waals surface area contributed by atoms with Crippen molar-refractivity contribution in [2.24, 2.45) is 0 Å². The van der Waals surface area contributed by atoms with Gasteiger partial charge in [-0.15, -0.1) is 0 Å². The molecule has 5 heteroatoms. The third kappa shape index (κ3) is 3.68. The van der Waals surface area contributed by atoms with Crippen LogP contribution in [0.1, 0.15) is 23.6 Å². The van der Waals surface area contributed by atoms with Gasteiger partial charge in [-0.2, -0.15) is 0 Å². The molecule has 1 amide bonds. The van der Waals surface area contributed by atoms with Crippen LogP contribution in [0.25, 0.3) is 0 Å². The number of phenolic OH excluding ortho intramolecular Hbond substituents is 1. The van der Waals surface area contributed by atoms with Gasteiger partial charge in [-0.1, -0.05) is 6.07 Å². The first-order valence-corrected chi connectivity index (χ1v) is 6.51. The predicted molar refractivity (Wildman–Crippen MR) is 72.1 cm³/mol. The summed E-state index contributed by atoms with van der Waals surface area (Å²) < 4.78 is 4.87. The molecule has 3 N–H and O–H groups in total. The van der Waals surface area contributed by atoms with Crippen LogP contribution in [0.5, 0.6) is 5.75 Å². The lowest BCUT2D eigenvalue weighted by atomic mass is 10.1. The van der Waals surface area contributed by atoms with E-state index < -0.39 is 0 Å². The van der Waals surface area contributed by atoms with Gasteiger partial charge in [0.15, 0.2) is 0 Å². The van der Waals surface area contributed by atoms with Crippen LogP contribution in [-0.2, 0) is 16.0 Å². The molecule has 1 aliphatic rings. The number of carbonyl (C=O) groups is 1. The van der Waals surface area contributed by atoms with Gasteiger partial charge in [0, 0.05) is 19.7 Å². The minimum atomic E-state index is -0.0238. The second kappa shape index (κ2) is 6.54. The zero-order valence-corrected chi connectivity index (χ0v) is 11.1. The summed E-state index contributed by atoms with van der Waals surface area (Å²) in [7, 11) is 1.61. The molecule has 0 aliphatic heterocycles. The Hall–Kier alpha value is -1.59. The molecule has 1 unspecified atom stereocenters. The van der Waals surface area contributed by atoms with Crippen LogP contribution in [0, 0.1) is 0 Å². The second-order valence-corrected chi connectivity index (χ2v) is 4.70. The average Bonchev–Trinajstić information content (AvgIpc) is 2.79. The Kier molecular flexibility index (Phi) is 4.76. The van der Waals surface area contributed by atoms with Crippen LogP contribution >= 0.6 is 0 Å². The van der Waals surface area contributed by atoms with E-state index in [-0.39, 0.29) is 11.9 Å². The molecule has 104 valence electrons. The smallest absolute Gasteiger partial charge is 0.234 e. The molecular weight excluding hydrogens is 244 g/mol. The molecule has 0 fully saturated rings. The Balaban J connectivity index is 1.81. The first kappa shape index (κ1) is 13.8. The lowest BCUT2D eigenvalue weighted by molar-refractivity contribution is -0.120. The topological polar surface area (TPSA) is 70.6 Å². The van der Waals surface area contributed by atoms with Crippen LogP contribution in [0.4, 0.5) is 0 Å². The number of hydrogen-bond acceptors (Lipinski definition) is 4. The molecule has 1 atom stereocenters. The Bertz CT molecular complexity index is 448. The summed E-state index contributed by atoms with van der Waals surface area (Å²) in [5.74, 6) is 0.279. The standard InChI is InChI=1S/C14H20N2O3/c1-19-7-6-15-14(18)9-16-13-5-2-10-8-11(17)3-4-12(10)13/h3-4,8,13,16-17H,2,5-7,9H2,1H3,(H,15,18). The van der Waals surface area contributed by atoms with Crippen molar-refractivity contribution < 1.29 is 14.6 Å². The third-order valence-electron chi connectivity index (χ3n) is 3.34. The van der Waals surface area contributed by atoms with Gasteiger partial charge in [0.1, 0.15) is 5.75 Å². The Morgan fingerprint density at radius 3 is 3.16 bits per heavy atom. The number of phenols is 1. The van der Waals surface area contributed by atoms with Crippen molar-refractivity contribution in [3.8, 4) is 5.75 Å². The SMILES string of the molecule is COCCNC(=O)CNC1CCc2cc(O)ccc21. The van der Waals surface area contributed by atoms with E-state index in [0.29, 0.717) is 25.4 Å². The number of rotatable bonds is 6. The summed E-state index contributed by atoms with van der Waals surface area (Å²) in [5, 5.41) is 15.4. The number of carbonyl (C=O) groups excluding carboxylic acids is 1. The van der Waals surface area contributed by atoms with E-state index in [9.17, 15) is 9.90 Å². The second-order valence-electron chi connectivity index (χ2n) is 4.70. The zero-order chi connectivity index (χ0) is 13.7. The van der Waals surface area contributed by atoms with E-state index >= 15 is 0 Å². The minimum absolute atomic E-state index is 0.0238. The van der Waals surface area contributed by atoms with Crippen molar-refractivity contribution in [3.63, 3.8) is 0 Å². The molecular formula is C14H20N2O3. The number of methoxy groups -OCH3 is 1. The minimum Gasteiger partial charge on any atom is -0.508 e. The number of aromatic hydroxyl groups is 1. The van der Waals surface area contributed by atoms with Crippen molar-refractivity contribution in [1.82, 2.24) is 10.6 Å². The van der Waals surface area contributed by atoms with Crippen molar-refractivity contribution in [3.05, 3.63) is 29.3 Å². The number of hydrogen-bond donors (Lipinski definition) is 3. The molecule has 1 aliphatic carbocycles. The first-order valence-electron chi connectivity index (χ1n) is 6.51. The molecule has 5 nitrogen and oxygen atoms in total. The van der Waals surface area contributed by atoms with E-state index in [2.05, 4.69) is 10.6 Å². The van der Waals surface area contributed by atoms with Gasteiger partial charge in [0.2, 0.25) is 5.91 Å². The van der Waals surface area contributed by atoms with Crippen molar-refractivity contribution >= 4 is 5.91 Å². The molecule has 0 radical (unpaired) electrons. The quantitative estimate of drug-likeness (QED) is 0.663. The van der Waals surface area contributed by atoms with Crippen molar-refractivity contribution in [1.29, 1.82) is 0 Å². The molecule has 1 aromatic rings. The maximum Gasteiger partial charge on any atom is 0.234 e. The number of fused-ring (bicyclic) bond motifs is 1. The average molecular weight is 264 g/mol. The molecule has 1 aromatic carbocycles. The van der Waals surface area contributed by atoms with Gasteiger partial charge in [-0.25, -0.2) is 0 Å². The predicted octanol–water partition coefficient (Wildman–Crippen LogP) is 0.732. The molecule has 19 heavy (non-hydrogen) atoms. The fourth-order valence-electron chi connectivity index (χ4n) is 2.39. The number of benzene rings is 1. The van der Waals surface area contributed by atoms with E-state index in [4.69, 9.17) is 4.74 Å². The first-order chi connectivity index (χ1) is 9.20. The summed E-state index contributed by atoms with van der Waals surface area (Å²) in [6.45, 7) is 1.36. The Morgan fingerprint density at radius 2 is 2.37 bits per heavy atom. The van der Waals surface area contributed by atoms with E-state index in [1.807, 2.05) is 6.07 Å². The highest BCUT2D eigenvalue weighted by atomic mass is 16.5. The van der Waals surface area contributed by atoms with E-state index in [0.717, 1.165) is 18.4 Å². The van der Waals surface area contributed by atoms with Gasteiger partial charge in [-0.05, 0) is 36.1 Å². The third-order valence-corrected chi connectivity index (χ3v) is 3.34. The van der Waals surface area contributed by atoms with Crippen molar-refractivity contribution in [2.45, 2.75) is 18.9 Å². The normalized spacial score (nSPS) is 17.2. The molecule has 0 saturated carbocycles. The highest BCUT2D eigenvalue weighted by molar-refractivity contribution is 5.78. The van der Waals surface area contributed by atoms with Crippen LogP contribution in [-0.4, -0.2) is 37.8 Å². The molecule has 0 spiro atoms. The number of ether oxygens (including phenoxy) is 1. The van der Waals surface area contributed by atoms with E-state index in [1.165, 1.54) is 5.56 Å². The molecule has 0 heterocycles. The summed E-state index contributed by atoms with van der Waals surface area (Å²) in [4.78, 5) is 11.6. The highest BCUT2D eigenvalue weighted by Crippen LogP contribution is 2.32. The fourth-order valence-corrected chi connectivity index (χ4v) is 2.39. The van der Waals surface area contributed by atoms with Crippen LogP contribution in [0.2, 0.25) is 0 Å². The van der Waals surface area contributed by atoms with Crippen LogP contribution < -0.4 is 10.6 Å². The Morgan fingerprint density at radius 1 is 1.53 bits per heavy atom. The lowest BCUT2D eigenvalue weighted by Crippen LogP contribution is -2.36. The Labute approximate surface area is 113 Å². The number of aryl methyl sites for hydroxylation is 1. The lowest BCUT2D eigenvalue weighted by Gasteiger charge is -2.14. The van der Waals surface area contributed by atoms with Gasteiger partial charge >= 0.3 is 0 Å². The van der Waals surface area contributed by atoms with Gasteiger partial charge < -0.3 is 20.5 Å². The van der Waals surface area contributed by atoms with E-state index in [1.54, 1.807) is 19.2 Å².